The number of Topliss-reactive ketones (excluding diaryl/α,β-unsaturated/α-hetero) is 1. The van der Waals surface area contributed by atoms with Gasteiger partial charge in [0, 0.05) is 30.6 Å². The van der Waals surface area contributed by atoms with Gasteiger partial charge in [0.25, 0.3) is 0 Å². The third kappa shape index (κ3) is 7.94. The van der Waals surface area contributed by atoms with E-state index in [4.69, 9.17) is 4.74 Å². The molecule has 4 heteroatoms. The highest BCUT2D eigenvalue weighted by Crippen LogP contribution is 2.63. The summed E-state index contributed by atoms with van der Waals surface area (Å²) in [6.07, 6.45) is 28.1. The van der Waals surface area contributed by atoms with E-state index in [2.05, 4.69) is 20.8 Å². The Morgan fingerprint density at radius 1 is 0.756 bits per heavy atom. The first-order valence-electron chi connectivity index (χ1n) is 17.8. The Morgan fingerprint density at radius 2 is 1.29 bits per heavy atom. The molecule has 0 amide bonds. The Bertz CT molecular complexity index is 920. The summed E-state index contributed by atoms with van der Waals surface area (Å²) in [7, 11) is 0. The molecular weight excluding hydrogens is 508 g/mol. The van der Waals surface area contributed by atoms with E-state index in [0.29, 0.717) is 31.0 Å². The van der Waals surface area contributed by atoms with Gasteiger partial charge in [-0.05, 0) is 61.9 Å². The summed E-state index contributed by atoms with van der Waals surface area (Å²) in [5, 5.41) is 0. The number of esters is 1. The molecule has 0 radical (unpaired) electrons. The number of ketones is 2. The van der Waals surface area contributed by atoms with E-state index in [0.717, 1.165) is 44.9 Å². The number of rotatable bonds is 17. The van der Waals surface area contributed by atoms with E-state index in [-0.39, 0.29) is 40.5 Å². The SMILES string of the molecule is CCCCCCCCCCCCCCCCCC(=O)O[C@H]1CC[C@@]2(C)C(=CC(=O)C3C2CC[C@]2(C)C(=O)CCC32)C1. The van der Waals surface area contributed by atoms with Crippen LogP contribution in [0.4, 0.5) is 0 Å². The van der Waals surface area contributed by atoms with Gasteiger partial charge in [-0.3, -0.25) is 14.4 Å². The maximum atomic E-state index is 13.4. The zero-order valence-corrected chi connectivity index (χ0v) is 26.8. The summed E-state index contributed by atoms with van der Waals surface area (Å²) in [6, 6.07) is 0. The van der Waals surface area contributed by atoms with Crippen LogP contribution in [0.5, 0.6) is 0 Å². The first-order valence-corrected chi connectivity index (χ1v) is 17.8. The standard InChI is InChI=1S/C37H60O4/c1-4-5-6-7-8-9-10-11-12-13-14-15-16-17-18-19-34(40)41-29-22-24-36(2)28(26-29)27-32(38)35-30-20-21-33(39)37(30,3)25-23-31(35)36/h27,29-31,35H,4-26H2,1-3H3/t29-,30?,31?,35?,36-,37-/m0/s1. The van der Waals surface area contributed by atoms with E-state index in [9.17, 15) is 14.4 Å². The van der Waals surface area contributed by atoms with Crippen LogP contribution in [0.15, 0.2) is 11.6 Å². The molecule has 232 valence electrons. The molecule has 3 saturated carbocycles. The van der Waals surface area contributed by atoms with Crippen molar-refractivity contribution in [3.63, 3.8) is 0 Å². The Kier molecular flexibility index (Phi) is 12.1. The van der Waals surface area contributed by atoms with Gasteiger partial charge in [-0.1, -0.05) is 116 Å². The third-order valence-electron chi connectivity index (χ3n) is 11.9. The Morgan fingerprint density at radius 3 is 1.90 bits per heavy atom. The van der Waals surface area contributed by atoms with Crippen LogP contribution >= 0.6 is 0 Å². The van der Waals surface area contributed by atoms with Crippen molar-refractivity contribution in [1.29, 1.82) is 0 Å². The zero-order chi connectivity index (χ0) is 29.3. The van der Waals surface area contributed by atoms with Crippen LogP contribution in [0.3, 0.4) is 0 Å². The molecule has 41 heavy (non-hydrogen) atoms. The number of fused-ring (bicyclic) bond motifs is 5. The fourth-order valence-electron chi connectivity index (χ4n) is 9.13. The molecule has 6 atom stereocenters. The van der Waals surface area contributed by atoms with Crippen LogP contribution in [0, 0.1) is 28.6 Å². The highest BCUT2D eigenvalue weighted by atomic mass is 16.5. The van der Waals surface area contributed by atoms with E-state index in [1.54, 1.807) is 0 Å². The Hall–Kier alpha value is -1.45. The molecule has 4 nitrogen and oxygen atoms in total. The Labute approximate surface area is 251 Å². The molecule has 3 unspecified atom stereocenters. The van der Waals surface area contributed by atoms with Crippen LogP contribution < -0.4 is 0 Å². The maximum absolute atomic E-state index is 13.4. The number of carbonyl (C=O) groups is 3. The molecule has 0 bridgehead atoms. The van der Waals surface area contributed by atoms with Gasteiger partial charge < -0.3 is 4.74 Å². The molecule has 0 saturated heterocycles. The van der Waals surface area contributed by atoms with Crippen molar-refractivity contribution in [2.24, 2.45) is 28.6 Å². The lowest BCUT2D eigenvalue weighted by Gasteiger charge is -2.56. The number of ether oxygens (including phenoxy) is 1. The Balaban J connectivity index is 1.08. The van der Waals surface area contributed by atoms with Crippen molar-refractivity contribution in [2.75, 3.05) is 0 Å². The fraction of sp³-hybridized carbons (Fsp3) is 0.865. The van der Waals surface area contributed by atoms with Crippen molar-refractivity contribution >= 4 is 17.5 Å². The molecule has 0 aromatic rings. The fourth-order valence-corrected chi connectivity index (χ4v) is 9.13. The van der Waals surface area contributed by atoms with Crippen LogP contribution in [-0.2, 0) is 19.1 Å². The molecule has 0 spiro atoms. The summed E-state index contributed by atoms with van der Waals surface area (Å²) in [5.74, 6) is 1.08. The van der Waals surface area contributed by atoms with Gasteiger partial charge in [0.1, 0.15) is 11.9 Å². The largest absolute Gasteiger partial charge is 0.462 e. The lowest BCUT2D eigenvalue weighted by Crippen LogP contribution is -2.53. The highest BCUT2D eigenvalue weighted by Gasteiger charge is 2.61. The molecule has 4 aliphatic rings. The van der Waals surface area contributed by atoms with Crippen molar-refractivity contribution in [1.82, 2.24) is 0 Å². The second-order valence-electron chi connectivity index (χ2n) is 14.7. The number of carbonyl (C=O) groups excluding carboxylic acids is 3. The summed E-state index contributed by atoms with van der Waals surface area (Å²) < 4.78 is 5.94. The van der Waals surface area contributed by atoms with Crippen molar-refractivity contribution in [2.45, 2.75) is 175 Å². The van der Waals surface area contributed by atoms with Gasteiger partial charge in [0.2, 0.25) is 0 Å². The van der Waals surface area contributed by atoms with E-state index < -0.39 is 0 Å². The summed E-state index contributed by atoms with van der Waals surface area (Å²) in [6.45, 7) is 6.74. The molecule has 0 N–H and O–H groups in total. The van der Waals surface area contributed by atoms with Gasteiger partial charge >= 0.3 is 5.97 Å². The van der Waals surface area contributed by atoms with Crippen molar-refractivity contribution in [3.05, 3.63) is 11.6 Å². The smallest absolute Gasteiger partial charge is 0.306 e. The van der Waals surface area contributed by atoms with Gasteiger partial charge in [-0.2, -0.15) is 0 Å². The summed E-state index contributed by atoms with van der Waals surface area (Å²) >= 11 is 0. The number of hydrogen-bond donors (Lipinski definition) is 0. The molecule has 0 aliphatic heterocycles. The molecule has 4 rings (SSSR count). The summed E-state index contributed by atoms with van der Waals surface area (Å²) in [4.78, 5) is 38.7. The van der Waals surface area contributed by atoms with Crippen LogP contribution in [0.2, 0.25) is 0 Å². The number of unbranched alkanes of at least 4 members (excludes halogenated alkanes) is 14. The lowest BCUT2D eigenvalue weighted by atomic mass is 9.48. The normalized spacial score (nSPS) is 32.7. The molecule has 3 fully saturated rings. The zero-order valence-electron chi connectivity index (χ0n) is 26.8. The monoisotopic (exact) mass is 568 g/mol. The first kappa shape index (κ1) is 32.5. The molecular formula is C37H60O4. The summed E-state index contributed by atoms with van der Waals surface area (Å²) in [5.41, 5.74) is 0.911. The minimum absolute atomic E-state index is 0.00171. The first-order chi connectivity index (χ1) is 19.8. The van der Waals surface area contributed by atoms with Crippen LogP contribution in [0.1, 0.15) is 168 Å². The second kappa shape index (κ2) is 15.3. The average Bonchev–Trinajstić information content (AvgIpc) is 3.25. The quantitative estimate of drug-likeness (QED) is 0.129. The molecule has 4 aliphatic carbocycles. The lowest BCUT2D eigenvalue weighted by molar-refractivity contribution is -0.152. The molecule has 0 aromatic carbocycles. The van der Waals surface area contributed by atoms with Crippen molar-refractivity contribution in [3.8, 4) is 0 Å². The number of allylic oxidation sites excluding steroid dienone is 1. The van der Waals surface area contributed by atoms with E-state index in [1.165, 1.54) is 89.0 Å². The van der Waals surface area contributed by atoms with E-state index in [1.807, 2.05) is 6.08 Å². The average molecular weight is 569 g/mol. The highest BCUT2D eigenvalue weighted by molar-refractivity contribution is 5.96. The predicted octanol–water partition coefficient (Wildman–Crippen LogP) is 9.87. The minimum atomic E-state index is -0.293. The van der Waals surface area contributed by atoms with Gasteiger partial charge in [-0.15, -0.1) is 0 Å². The molecule has 0 heterocycles. The predicted molar refractivity (Wildman–Crippen MR) is 167 cm³/mol. The second-order valence-corrected chi connectivity index (χ2v) is 14.7. The number of hydrogen-bond acceptors (Lipinski definition) is 4. The van der Waals surface area contributed by atoms with Crippen molar-refractivity contribution < 1.29 is 19.1 Å². The maximum Gasteiger partial charge on any atom is 0.306 e. The van der Waals surface area contributed by atoms with Crippen LogP contribution in [-0.4, -0.2) is 23.6 Å². The van der Waals surface area contributed by atoms with E-state index >= 15 is 0 Å². The van der Waals surface area contributed by atoms with Gasteiger partial charge in [0.05, 0.1) is 0 Å². The topological polar surface area (TPSA) is 60.4 Å². The molecule has 0 aromatic heterocycles. The van der Waals surface area contributed by atoms with Gasteiger partial charge in [0.15, 0.2) is 5.78 Å². The minimum Gasteiger partial charge on any atom is -0.462 e. The van der Waals surface area contributed by atoms with Gasteiger partial charge in [-0.25, -0.2) is 0 Å². The third-order valence-corrected chi connectivity index (χ3v) is 11.9. The van der Waals surface area contributed by atoms with Crippen LogP contribution in [0.25, 0.3) is 0 Å².